The quantitative estimate of drug-likeness (QED) is 0.874. The summed E-state index contributed by atoms with van der Waals surface area (Å²) in [4.78, 5) is 26.4. The molecule has 2 aliphatic heterocycles. The van der Waals surface area contributed by atoms with Crippen molar-refractivity contribution in [2.75, 3.05) is 19.7 Å². The van der Waals surface area contributed by atoms with E-state index in [2.05, 4.69) is 5.32 Å². The highest BCUT2D eigenvalue weighted by atomic mass is 16.6. The third kappa shape index (κ3) is 4.59. The van der Waals surface area contributed by atoms with Crippen molar-refractivity contribution in [1.29, 1.82) is 0 Å². The second kappa shape index (κ2) is 7.43. The van der Waals surface area contributed by atoms with Crippen molar-refractivity contribution in [1.82, 2.24) is 10.2 Å². The van der Waals surface area contributed by atoms with Gasteiger partial charge in [-0.05, 0) is 45.7 Å². The molecule has 26 heavy (non-hydrogen) atoms. The number of nitrogens with zero attached hydrogens (tertiary/aromatic N) is 1. The molecule has 2 atom stereocenters. The van der Waals surface area contributed by atoms with Crippen molar-refractivity contribution in [3.05, 3.63) is 24.3 Å². The number of rotatable bonds is 2. The van der Waals surface area contributed by atoms with Crippen LogP contribution < -0.4 is 14.8 Å². The Kier molecular flexibility index (Phi) is 5.25. The van der Waals surface area contributed by atoms with Gasteiger partial charge >= 0.3 is 6.09 Å². The molecule has 7 nitrogen and oxygen atoms in total. The molecule has 7 heteroatoms. The van der Waals surface area contributed by atoms with Gasteiger partial charge in [0.15, 0.2) is 11.5 Å². The molecule has 0 aromatic heterocycles. The van der Waals surface area contributed by atoms with Crippen molar-refractivity contribution < 1.29 is 23.8 Å². The standard InChI is InChI=1S/C19H26N2O5/c1-19(2,3)26-18(23)21-10-6-7-13(11-21)20-17(22)16-12-24-14-8-4-5-9-15(14)25-16/h4-5,8-9,13,16H,6-7,10-12H2,1-3H3,(H,20,22)/t13-,16?/m1/s1. The summed E-state index contributed by atoms with van der Waals surface area (Å²) in [6.45, 7) is 6.76. The number of carbonyl (C=O) groups is 2. The Balaban J connectivity index is 1.54. The van der Waals surface area contributed by atoms with Gasteiger partial charge in [0.25, 0.3) is 5.91 Å². The number of para-hydroxylation sites is 2. The van der Waals surface area contributed by atoms with Gasteiger partial charge in [-0.15, -0.1) is 0 Å². The SMILES string of the molecule is CC(C)(C)OC(=O)N1CCC[C@@H](NC(=O)C2COc3ccccc3O2)C1. The minimum atomic E-state index is -0.693. The number of amides is 2. The van der Waals surface area contributed by atoms with Crippen LogP contribution in [0.1, 0.15) is 33.6 Å². The van der Waals surface area contributed by atoms with Gasteiger partial charge < -0.3 is 24.4 Å². The lowest BCUT2D eigenvalue weighted by atomic mass is 10.1. The summed E-state index contributed by atoms with van der Waals surface area (Å²) in [5.41, 5.74) is -0.534. The van der Waals surface area contributed by atoms with E-state index in [-0.39, 0.29) is 24.6 Å². The largest absolute Gasteiger partial charge is 0.485 e. The second-order valence-corrected chi connectivity index (χ2v) is 7.64. The third-order valence-corrected chi connectivity index (χ3v) is 4.22. The zero-order valence-corrected chi connectivity index (χ0v) is 15.5. The molecule has 2 amide bonds. The predicted octanol–water partition coefficient (Wildman–Crippen LogP) is 2.34. The van der Waals surface area contributed by atoms with Crippen molar-refractivity contribution >= 4 is 12.0 Å². The summed E-state index contributed by atoms with van der Waals surface area (Å²) in [6, 6.07) is 7.16. The van der Waals surface area contributed by atoms with Crippen LogP contribution >= 0.6 is 0 Å². The summed E-state index contributed by atoms with van der Waals surface area (Å²) in [7, 11) is 0. The first-order chi connectivity index (χ1) is 12.3. The van der Waals surface area contributed by atoms with Crippen LogP contribution in [0.15, 0.2) is 24.3 Å². The number of fused-ring (bicyclic) bond motifs is 1. The minimum absolute atomic E-state index is 0.121. The van der Waals surface area contributed by atoms with Gasteiger partial charge in [0.1, 0.15) is 12.2 Å². The number of hydrogen-bond donors (Lipinski definition) is 1. The number of carbonyl (C=O) groups excluding carboxylic acids is 2. The van der Waals surface area contributed by atoms with Gasteiger partial charge in [0.05, 0.1) is 0 Å². The zero-order valence-electron chi connectivity index (χ0n) is 15.5. The maximum atomic E-state index is 12.5. The van der Waals surface area contributed by atoms with Crippen LogP contribution in [0.25, 0.3) is 0 Å². The average molecular weight is 362 g/mol. The Labute approximate surface area is 153 Å². The Morgan fingerprint density at radius 2 is 1.96 bits per heavy atom. The molecule has 1 unspecified atom stereocenters. The highest BCUT2D eigenvalue weighted by Gasteiger charge is 2.32. The number of hydrogen-bond acceptors (Lipinski definition) is 5. The second-order valence-electron chi connectivity index (χ2n) is 7.64. The Morgan fingerprint density at radius 3 is 2.69 bits per heavy atom. The molecule has 0 bridgehead atoms. The smallest absolute Gasteiger partial charge is 0.410 e. The normalized spacial score (nSPS) is 22.5. The highest BCUT2D eigenvalue weighted by Crippen LogP contribution is 2.31. The van der Waals surface area contributed by atoms with Gasteiger partial charge in [0.2, 0.25) is 6.10 Å². The maximum absolute atomic E-state index is 12.5. The van der Waals surface area contributed by atoms with Crippen LogP contribution in [0.5, 0.6) is 11.5 Å². The van der Waals surface area contributed by atoms with Crippen molar-refractivity contribution in [3.63, 3.8) is 0 Å². The number of likely N-dealkylation sites (tertiary alicyclic amines) is 1. The molecular weight excluding hydrogens is 336 g/mol. The molecular formula is C19H26N2O5. The Hall–Kier alpha value is -2.44. The van der Waals surface area contributed by atoms with E-state index >= 15 is 0 Å². The average Bonchev–Trinajstić information content (AvgIpc) is 2.60. The lowest BCUT2D eigenvalue weighted by Gasteiger charge is -2.35. The van der Waals surface area contributed by atoms with E-state index in [4.69, 9.17) is 14.2 Å². The van der Waals surface area contributed by atoms with Crippen molar-refractivity contribution in [3.8, 4) is 11.5 Å². The molecule has 2 heterocycles. The van der Waals surface area contributed by atoms with Gasteiger partial charge in [-0.3, -0.25) is 4.79 Å². The summed E-state index contributed by atoms with van der Waals surface area (Å²) < 4.78 is 16.7. The Morgan fingerprint density at radius 1 is 1.23 bits per heavy atom. The van der Waals surface area contributed by atoms with Gasteiger partial charge in [-0.25, -0.2) is 4.79 Å². The first-order valence-corrected chi connectivity index (χ1v) is 8.98. The third-order valence-electron chi connectivity index (χ3n) is 4.22. The van der Waals surface area contributed by atoms with E-state index in [0.717, 1.165) is 12.8 Å². The molecule has 0 saturated carbocycles. The fraction of sp³-hybridized carbons (Fsp3) is 0.579. The molecule has 3 rings (SSSR count). The predicted molar refractivity (Wildman–Crippen MR) is 95.3 cm³/mol. The maximum Gasteiger partial charge on any atom is 0.410 e. The van der Waals surface area contributed by atoms with E-state index in [1.165, 1.54) is 0 Å². The molecule has 2 aliphatic rings. The summed E-state index contributed by atoms with van der Waals surface area (Å²) in [5, 5.41) is 2.97. The van der Waals surface area contributed by atoms with Crippen LogP contribution in [-0.4, -0.2) is 54.3 Å². The number of nitrogens with one attached hydrogen (secondary N) is 1. The monoisotopic (exact) mass is 362 g/mol. The van der Waals surface area contributed by atoms with E-state index in [1.807, 2.05) is 39.0 Å². The number of ether oxygens (including phenoxy) is 3. The lowest BCUT2D eigenvalue weighted by Crippen LogP contribution is -2.54. The van der Waals surface area contributed by atoms with E-state index in [1.54, 1.807) is 11.0 Å². The zero-order chi connectivity index (χ0) is 18.7. The fourth-order valence-corrected chi connectivity index (χ4v) is 3.03. The molecule has 1 fully saturated rings. The molecule has 1 aromatic carbocycles. The first-order valence-electron chi connectivity index (χ1n) is 8.98. The van der Waals surface area contributed by atoms with E-state index < -0.39 is 11.7 Å². The van der Waals surface area contributed by atoms with Crippen LogP contribution in [-0.2, 0) is 9.53 Å². The number of piperidine rings is 1. The van der Waals surface area contributed by atoms with E-state index in [9.17, 15) is 9.59 Å². The molecule has 1 aromatic rings. The summed E-state index contributed by atoms with van der Waals surface area (Å²) in [6.07, 6.45) is 0.592. The molecule has 0 spiro atoms. The summed E-state index contributed by atoms with van der Waals surface area (Å²) >= 11 is 0. The highest BCUT2D eigenvalue weighted by molar-refractivity contribution is 5.82. The topological polar surface area (TPSA) is 77.1 Å². The van der Waals surface area contributed by atoms with Crippen LogP contribution in [0.2, 0.25) is 0 Å². The molecule has 1 N–H and O–H groups in total. The molecule has 1 saturated heterocycles. The molecule has 0 aliphatic carbocycles. The minimum Gasteiger partial charge on any atom is -0.485 e. The fourth-order valence-electron chi connectivity index (χ4n) is 3.03. The van der Waals surface area contributed by atoms with Crippen molar-refractivity contribution in [2.45, 2.75) is 51.4 Å². The number of benzene rings is 1. The van der Waals surface area contributed by atoms with E-state index in [0.29, 0.717) is 24.6 Å². The van der Waals surface area contributed by atoms with Gasteiger partial charge in [-0.1, -0.05) is 12.1 Å². The van der Waals surface area contributed by atoms with Crippen molar-refractivity contribution in [2.24, 2.45) is 0 Å². The molecule has 142 valence electrons. The van der Waals surface area contributed by atoms with Crippen LogP contribution in [0, 0.1) is 0 Å². The van der Waals surface area contributed by atoms with Crippen LogP contribution in [0.4, 0.5) is 4.79 Å². The van der Waals surface area contributed by atoms with Crippen LogP contribution in [0.3, 0.4) is 0 Å². The summed E-state index contributed by atoms with van der Waals surface area (Å²) in [5.74, 6) is 0.985. The Bertz CT molecular complexity index is 670. The lowest BCUT2D eigenvalue weighted by molar-refractivity contribution is -0.131. The van der Waals surface area contributed by atoms with Gasteiger partial charge in [-0.2, -0.15) is 0 Å². The molecule has 0 radical (unpaired) electrons. The first kappa shape index (κ1) is 18.4. The van der Waals surface area contributed by atoms with Gasteiger partial charge in [0, 0.05) is 19.1 Å².